The topological polar surface area (TPSA) is 102 Å². The van der Waals surface area contributed by atoms with Crippen molar-refractivity contribution in [1.29, 1.82) is 0 Å². The third-order valence-electron chi connectivity index (χ3n) is 4.09. The maximum atomic E-state index is 12.3. The molecule has 0 spiro atoms. The van der Waals surface area contributed by atoms with Gasteiger partial charge < -0.3 is 19.9 Å². The zero-order valence-corrected chi connectivity index (χ0v) is 17.1. The number of carbonyl (C=O) groups is 3. The van der Waals surface area contributed by atoms with E-state index >= 15 is 0 Å². The molecule has 28 heavy (non-hydrogen) atoms. The van der Waals surface area contributed by atoms with Crippen LogP contribution in [0.3, 0.4) is 0 Å². The van der Waals surface area contributed by atoms with Crippen LogP contribution in [0.15, 0.2) is 18.2 Å². The highest BCUT2D eigenvalue weighted by atomic mass is 32.1. The Hall–Kier alpha value is -2.87. The molecule has 1 amide bonds. The van der Waals surface area contributed by atoms with Gasteiger partial charge in [0.15, 0.2) is 6.61 Å². The van der Waals surface area contributed by atoms with E-state index in [1.807, 2.05) is 13.8 Å². The molecule has 0 unspecified atom stereocenters. The van der Waals surface area contributed by atoms with Crippen molar-refractivity contribution in [2.45, 2.75) is 34.1 Å². The molecule has 0 aliphatic heterocycles. The van der Waals surface area contributed by atoms with E-state index in [0.717, 1.165) is 10.4 Å². The lowest BCUT2D eigenvalue weighted by molar-refractivity contribution is -0.119. The minimum atomic E-state index is -0.807. The number of phenolic OH excluding ortho intramolecular Hbond substituents is 1. The molecule has 1 heterocycles. The maximum absolute atomic E-state index is 12.3. The fraction of sp³-hybridized carbons (Fsp3) is 0.350. The standard InChI is InChI=1S/C20H23NO6S/c1-5-13-12(4)28-18(16(13)20(25)26-6-2)21-15(22)10-27-19(24)14-9-7-8-11(3)17(14)23/h7-9,23H,5-6,10H2,1-4H3,(H,21,22). The summed E-state index contributed by atoms with van der Waals surface area (Å²) in [5.41, 5.74) is 1.67. The van der Waals surface area contributed by atoms with Gasteiger partial charge in [0, 0.05) is 4.88 Å². The zero-order chi connectivity index (χ0) is 20.8. The molecule has 0 radical (unpaired) electrons. The molecule has 1 aromatic heterocycles. The zero-order valence-electron chi connectivity index (χ0n) is 16.3. The fourth-order valence-electron chi connectivity index (χ4n) is 2.71. The Balaban J connectivity index is 2.10. The predicted octanol–water partition coefficient (Wildman–Crippen LogP) is 3.61. The van der Waals surface area contributed by atoms with Crippen molar-refractivity contribution in [3.63, 3.8) is 0 Å². The van der Waals surface area contributed by atoms with Crippen LogP contribution >= 0.6 is 11.3 Å². The van der Waals surface area contributed by atoms with Crippen LogP contribution in [0.2, 0.25) is 0 Å². The normalized spacial score (nSPS) is 10.4. The van der Waals surface area contributed by atoms with Crippen LogP contribution in [0.4, 0.5) is 5.00 Å². The number of thiophene rings is 1. The van der Waals surface area contributed by atoms with Crippen LogP contribution in [0.1, 0.15) is 50.6 Å². The molecule has 150 valence electrons. The first-order valence-corrected chi connectivity index (χ1v) is 9.66. The van der Waals surface area contributed by atoms with Crippen molar-refractivity contribution >= 4 is 34.2 Å². The summed E-state index contributed by atoms with van der Waals surface area (Å²) < 4.78 is 10.1. The van der Waals surface area contributed by atoms with Crippen LogP contribution in [-0.2, 0) is 20.7 Å². The number of rotatable bonds is 7. The van der Waals surface area contributed by atoms with E-state index in [0.29, 0.717) is 22.5 Å². The summed E-state index contributed by atoms with van der Waals surface area (Å²) in [5.74, 6) is -2.08. The Labute approximate surface area is 167 Å². The van der Waals surface area contributed by atoms with Crippen molar-refractivity contribution in [2.75, 3.05) is 18.5 Å². The second kappa shape index (κ2) is 9.36. The second-order valence-corrected chi connectivity index (χ2v) is 7.24. The van der Waals surface area contributed by atoms with E-state index in [2.05, 4.69) is 5.32 Å². The molecule has 0 saturated carbocycles. The Bertz CT molecular complexity index is 902. The molecule has 0 atom stereocenters. The highest BCUT2D eigenvalue weighted by Crippen LogP contribution is 2.34. The second-order valence-electron chi connectivity index (χ2n) is 6.01. The number of anilines is 1. The van der Waals surface area contributed by atoms with E-state index in [-0.39, 0.29) is 17.9 Å². The third kappa shape index (κ3) is 4.69. The molecule has 2 N–H and O–H groups in total. The van der Waals surface area contributed by atoms with Gasteiger partial charge in [-0.25, -0.2) is 9.59 Å². The van der Waals surface area contributed by atoms with Gasteiger partial charge in [0.05, 0.1) is 12.2 Å². The molecular formula is C20H23NO6S. The predicted molar refractivity (Wildman–Crippen MR) is 106 cm³/mol. The summed E-state index contributed by atoms with van der Waals surface area (Å²) in [6.07, 6.45) is 0.619. The van der Waals surface area contributed by atoms with E-state index in [4.69, 9.17) is 9.47 Å². The lowest BCUT2D eigenvalue weighted by Gasteiger charge is -2.09. The summed E-state index contributed by atoms with van der Waals surface area (Å²) in [7, 11) is 0. The number of hydrogen-bond acceptors (Lipinski definition) is 7. The van der Waals surface area contributed by atoms with Gasteiger partial charge in [0.2, 0.25) is 0 Å². The quantitative estimate of drug-likeness (QED) is 0.683. The Morgan fingerprint density at radius 1 is 1.11 bits per heavy atom. The van der Waals surface area contributed by atoms with Gasteiger partial charge in [0.25, 0.3) is 5.91 Å². The molecule has 0 aliphatic rings. The van der Waals surface area contributed by atoms with Gasteiger partial charge >= 0.3 is 11.9 Å². The lowest BCUT2D eigenvalue weighted by atomic mass is 10.1. The first-order chi connectivity index (χ1) is 13.3. The SMILES string of the molecule is CCOC(=O)c1c(NC(=O)COC(=O)c2cccc(C)c2O)sc(C)c1CC. The van der Waals surface area contributed by atoms with Gasteiger partial charge in [-0.2, -0.15) is 0 Å². The smallest absolute Gasteiger partial charge is 0.342 e. The van der Waals surface area contributed by atoms with Gasteiger partial charge in [0.1, 0.15) is 16.3 Å². The van der Waals surface area contributed by atoms with Crippen molar-refractivity contribution in [3.05, 3.63) is 45.3 Å². The van der Waals surface area contributed by atoms with E-state index in [1.165, 1.54) is 17.4 Å². The highest BCUT2D eigenvalue weighted by Gasteiger charge is 2.24. The number of amides is 1. The van der Waals surface area contributed by atoms with Gasteiger partial charge in [-0.05, 0) is 44.4 Å². The summed E-state index contributed by atoms with van der Waals surface area (Å²) in [5, 5.41) is 12.9. The minimum Gasteiger partial charge on any atom is -0.507 e. The number of hydrogen-bond donors (Lipinski definition) is 2. The van der Waals surface area contributed by atoms with E-state index < -0.39 is 24.5 Å². The van der Waals surface area contributed by atoms with Gasteiger partial charge in [-0.3, -0.25) is 4.79 Å². The van der Waals surface area contributed by atoms with Crippen molar-refractivity contribution in [1.82, 2.24) is 0 Å². The van der Waals surface area contributed by atoms with E-state index in [9.17, 15) is 19.5 Å². The van der Waals surface area contributed by atoms with E-state index in [1.54, 1.807) is 26.0 Å². The average Bonchev–Trinajstić information content (AvgIpc) is 2.97. The molecule has 0 saturated heterocycles. The minimum absolute atomic E-state index is 0.0137. The molecular weight excluding hydrogens is 382 g/mol. The molecule has 0 aliphatic carbocycles. The summed E-state index contributed by atoms with van der Waals surface area (Å²) in [4.78, 5) is 37.5. The molecule has 7 nitrogen and oxygen atoms in total. The molecule has 8 heteroatoms. The number of esters is 2. The molecule has 0 fully saturated rings. The summed E-state index contributed by atoms with van der Waals surface area (Å²) in [6, 6.07) is 4.68. The Morgan fingerprint density at radius 2 is 1.82 bits per heavy atom. The molecule has 1 aromatic carbocycles. The van der Waals surface area contributed by atoms with Crippen LogP contribution in [-0.4, -0.2) is 36.2 Å². The fourth-order valence-corrected chi connectivity index (χ4v) is 3.86. The molecule has 2 aromatic rings. The summed E-state index contributed by atoms with van der Waals surface area (Å²) in [6.45, 7) is 6.82. The number of nitrogens with one attached hydrogen (secondary N) is 1. The van der Waals surface area contributed by atoms with Crippen molar-refractivity contribution in [2.24, 2.45) is 0 Å². The average molecular weight is 405 g/mol. The highest BCUT2D eigenvalue weighted by molar-refractivity contribution is 7.16. The van der Waals surface area contributed by atoms with Crippen molar-refractivity contribution < 1.29 is 29.0 Å². The Kier molecular flexibility index (Phi) is 7.17. The van der Waals surface area contributed by atoms with Crippen molar-refractivity contribution in [3.8, 4) is 5.75 Å². The lowest BCUT2D eigenvalue weighted by Crippen LogP contribution is -2.22. The van der Waals surface area contributed by atoms with Crippen LogP contribution in [0.5, 0.6) is 5.75 Å². The Morgan fingerprint density at radius 3 is 2.46 bits per heavy atom. The number of aromatic hydroxyl groups is 1. The first-order valence-electron chi connectivity index (χ1n) is 8.85. The number of aryl methyl sites for hydroxylation is 2. The first kappa shape index (κ1) is 21.4. The van der Waals surface area contributed by atoms with Crippen LogP contribution in [0, 0.1) is 13.8 Å². The number of para-hydroxylation sites is 1. The molecule has 2 rings (SSSR count). The monoisotopic (exact) mass is 405 g/mol. The largest absolute Gasteiger partial charge is 0.507 e. The molecule has 0 bridgehead atoms. The summed E-state index contributed by atoms with van der Waals surface area (Å²) >= 11 is 1.27. The van der Waals surface area contributed by atoms with Crippen LogP contribution in [0.25, 0.3) is 0 Å². The van der Waals surface area contributed by atoms with Gasteiger partial charge in [-0.1, -0.05) is 19.1 Å². The number of carbonyl (C=O) groups excluding carboxylic acids is 3. The van der Waals surface area contributed by atoms with Crippen LogP contribution < -0.4 is 5.32 Å². The number of phenols is 1. The van der Waals surface area contributed by atoms with Gasteiger partial charge in [-0.15, -0.1) is 11.3 Å². The number of ether oxygens (including phenoxy) is 2. The third-order valence-corrected chi connectivity index (χ3v) is 5.15. The maximum Gasteiger partial charge on any atom is 0.342 e. The number of benzene rings is 1.